The van der Waals surface area contributed by atoms with Crippen LogP contribution in [-0.4, -0.2) is 18.3 Å². The average molecular weight is 384 g/mol. The highest BCUT2D eigenvalue weighted by atomic mass is 35.5. The fourth-order valence-corrected chi connectivity index (χ4v) is 2.83. The van der Waals surface area contributed by atoms with Crippen molar-refractivity contribution >= 4 is 34.9 Å². The van der Waals surface area contributed by atoms with Crippen molar-refractivity contribution in [3.63, 3.8) is 0 Å². The van der Waals surface area contributed by atoms with E-state index in [1.807, 2.05) is 0 Å². The Morgan fingerprint density at radius 1 is 1.20 bits per heavy atom. The summed E-state index contributed by atoms with van der Waals surface area (Å²) in [7, 11) is 0. The zero-order valence-corrected chi connectivity index (χ0v) is 15.1. The normalized spacial score (nSPS) is 11.7. The third-order valence-electron chi connectivity index (χ3n) is 3.49. The Morgan fingerprint density at radius 3 is 2.56 bits per heavy atom. The molecule has 132 valence electrons. The number of ether oxygens (including phenoxy) is 1. The topological polar surface area (TPSA) is 55.4 Å². The molecule has 1 N–H and O–H groups in total. The third kappa shape index (κ3) is 5.18. The van der Waals surface area contributed by atoms with Gasteiger partial charge < -0.3 is 10.1 Å². The van der Waals surface area contributed by atoms with E-state index in [1.165, 1.54) is 13.0 Å². The minimum atomic E-state index is -0.548. The maximum Gasteiger partial charge on any atom is 0.258 e. The van der Waals surface area contributed by atoms with Crippen LogP contribution in [0.3, 0.4) is 0 Å². The third-order valence-corrected chi connectivity index (χ3v) is 4.05. The molecular formula is C18H16Cl2FNO3. The summed E-state index contributed by atoms with van der Waals surface area (Å²) in [5.74, 6) is -1.15. The number of amides is 1. The zero-order chi connectivity index (χ0) is 18.6. The molecular weight excluding hydrogens is 368 g/mol. The van der Waals surface area contributed by atoms with Gasteiger partial charge in [-0.05, 0) is 49.7 Å². The van der Waals surface area contributed by atoms with E-state index in [0.717, 1.165) is 12.1 Å². The molecule has 2 rings (SSSR count). The number of hydrogen-bond donors (Lipinski definition) is 1. The molecule has 0 aliphatic heterocycles. The smallest absolute Gasteiger partial charge is 0.258 e. The summed E-state index contributed by atoms with van der Waals surface area (Å²) < 4.78 is 18.6. The molecule has 0 heterocycles. The van der Waals surface area contributed by atoms with Crippen molar-refractivity contribution in [1.82, 2.24) is 5.32 Å². The molecule has 1 amide bonds. The molecule has 0 aliphatic carbocycles. The van der Waals surface area contributed by atoms with Gasteiger partial charge in [0.05, 0.1) is 11.6 Å². The molecule has 0 radical (unpaired) electrons. The van der Waals surface area contributed by atoms with Crippen LogP contribution in [0.15, 0.2) is 36.4 Å². The molecule has 2 aromatic carbocycles. The lowest BCUT2D eigenvalue weighted by Gasteiger charge is -2.16. The van der Waals surface area contributed by atoms with Gasteiger partial charge in [0, 0.05) is 10.0 Å². The average Bonchev–Trinajstić information content (AvgIpc) is 2.53. The minimum absolute atomic E-state index is 0.0848. The molecule has 0 bridgehead atoms. The number of rotatable bonds is 6. The van der Waals surface area contributed by atoms with Gasteiger partial charge in [-0.1, -0.05) is 29.3 Å². The van der Waals surface area contributed by atoms with Crippen LogP contribution >= 0.6 is 23.2 Å². The minimum Gasteiger partial charge on any atom is -0.483 e. The molecule has 0 spiro atoms. The van der Waals surface area contributed by atoms with E-state index in [2.05, 4.69) is 5.32 Å². The summed E-state index contributed by atoms with van der Waals surface area (Å²) >= 11 is 12.0. The second-order valence-corrected chi connectivity index (χ2v) is 6.28. The molecule has 2 aromatic rings. The van der Waals surface area contributed by atoms with Crippen molar-refractivity contribution in [2.45, 2.75) is 19.9 Å². The number of benzene rings is 2. The summed E-state index contributed by atoms with van der Waals surface area (Å²) in [5, 5.41) is 3.68. The summed E-state index contributed by atoms with van der Waals surface area (Å²) in [6, 6.07) is 8.20. The lowest BCUT2D eigenvalue weighted by molar-refractivity contribution is -0.123. The Hall–Kier alpha value is -2.11. The van der Waals surface area contributed by atoms with Crippen molar-refractivity contribution in [3.05, 3.63) is 63.4 Å². The zero-order valence-electron chi connectivity index (χ0n) is 13.6. The van der Waals surface area contributed by atoms with E-state index in [4.69, 9.17) is 27.9 Å². The number of carbonyl (C=O) groups excluding carboxylic acids is 2. The van der Waals surface area contributed by atoms with Gasteiger partial charge in [0.25, 0.3) is 5.91 Å². The number of hydrogen-bond acceptors (Lipinski definition) is 3. The van der Waals surface area contributed by atoms with Crippen molar-refractivity contribution in [1.29, 1.82) is 0 Å². The summed E-state index contributed by atoms with van der Waals surface area (Å²) in [4.78, 5) is 23.6. The maximum atomic E-state index is 13.2. The lowest BCUT2D eigenvalue weighted by Crippen LogP contribution is -2.31. The van der Waals surface area contributed by atoms with Gasteiger partial charge in [-0.25, -0.2) is 4.39 Å². The fourth-order valence-electron chi connectivity index (χ4n) is 2.26. The highest BCUT2D eigenvalue weighted by Crippen LogP contribution is 2.26. The second kappa shape index (κ2) is 8.32. The van der Waals surface area contributed by atoms with E-state index in [1.54, 1.807) is 25.1 Å². The van der Waals surface area contributed by atoms with E-state index < -0.39 is 11.7 Å². The SMILES string of the molecule is CC(=O)c1cc(F)ccc1OCC(=O)N[C@@H](C)c1ccc(Cl)cc1Cl. The first-order valence-corrected chi connectivity index (χ1v) is 8.21. The number of nitrogens with one attached hydrogen (secondary N) is 1. The highest BCUT2D eigenvalue weighted by molar-refractivity contribution is 6.35. The summed E-state index contributed by atoms with van der Waals surface area (Å²) in [5.41, 5.74) is 0.798. The van der Waals surface area contributed by atoms with Crippen LogP contribution < -0.4 is 10.1 Å². The fraction of sp³-hybridized carbons (Fsp3) is 0.222. The molecule has 0 aliphatic rings. The molecule has 1 atom stereocenters. The largest absolute Gasteiger partial charge is 0.483 e. The van der Waals surface area contributed by atoms with Gasteiger partial charge in [-0.2, -0.15) is 0 Å². The molecule has 4 nitrogen and oxygen atoms in total. The Kier molecular flexibility index (Phi) is 6.39. The molecule has 0 aromatic heterocycles. The number of Topliss-reactive ketones (excluding diaryl/α,β-unsaturated/α-hetero) is 1. The predicted octanol–water partition coefficient (Wildman–Crippen LogP) is 4.59. The first-order valence-electron chi connectivity index (χ1n) is 7.45. The monoisotopic (exact) mass is 383 g/mol. The molecule has 0 unspecified atom stereocenters. The van der Waals surface area contributed by atoms with Crippen molar-refractivity contribution in [3.8, 4) is 5.75 Å². The molecule has 0 saturated heterocycles. The summed E-state index contributed by atoms with van der Waals surface area (Å²) in [6.07, 6.45) is 0. The van der Waals surface area contributed by atoms with Gasteiger partial charge >= 0.3 is 0 Å². The van der Waals surface area contributed by atoms with Crippen LogP contribution in [-0.2, 0) is 4.79 Å². The van der Waals surface area contributed by atoms with Crippen LogP contribution in [0.4, 0.5) is 4.39 Å². The Morgan fingerprint density at radius 2 is 1.92 bits per heavy atom. The van der Waals surface area contributed by atoms with Crippen LogP contribution in [0.5, 0.6) is 5.75 Å². The van der Waals surface area contributed by atoms with Crippen LogP contribution in [0.25, 0.3) is 0 Å². The Balaban J connectivity index is 2.00. The predicted molar refractivity (Wildman–Crippen MR) is 94.9 cm³/mol. The number of carbonyl (C=O) groups is 2. The molecule has 25 heavy (non-hydrogen) atoms. The first-order chi connectivity index (χ1) is 11.8. The van der Waals surface area contributed by atoms with Gasteiger partial charge in [-0.3, -0.25) is 9.59 Å². The quantitative estimate of drug-likeness (QED) is 0.742. The standard InChI is InChI=1S/C18H16Cl2FNO3/c1-10(14-5-3-12(19)7-16(14)20)22-18(24)9-25-17-6-4-13(21)8-15(17)11(2)23/h3-8,10H,9H2,1-2H3,(H,22,24)/t10-/m0/s1. The van der Waals surface area contributed by atoms with Gasteiger partial charge in [0.2, 0.25) is 0 Å². The Labute approximate surface area is 154 Å². The van der Waals surface area contributed by atoms with E-state index in [9.17, 15) is 14.0 Å². The van der Waals surface area contributed by atoms with Gasteiger partial charge in [0.15, 0.2) is 12.4 Å². The van der Waals surface area contributed by atoms with Crippen LogP contribution in [0.2, 0.25) is 10.0 Å². The number of halogens is 3. The lowest BCUT2D eigenvalue weighted by atomic mass is 10.1. The molecule has 0 saturated carbocycles. The van der Waals surface area contributed by atoms with Gasteiger partial charge in [0.1, 0.15) is 11.6 Å². The number of ketones is 1. The molecule has 0 fully saturated rings. The van der Waals surface area contributed by atoms with Crippen molar-refractivity contribution in [2.75, 3.05) is 6.61 Å². The van der Waals surface area contributed by atoms with E-state index in [0.29, 0.717) is 15.6 Å². The highest BCUT2D eigenvalue weighted by Gasteiger charge is 2.15. The van der Waals surface area contributed by atoms with E-state index >= 15 is 0 Å². The first kappa shape index (κ1) is 19.2. The van der Waals surface area contributed by atoms with Gasteiger partial charge in [-0.15, -0.1) is 0 Å². The second-order valence-electron chi connectivity index (χ2n) is 5.44. The van der Waals surface area contributed by atoms with Crippen LogP contribution in [0, 0.1) is 5.82 Å². The maximum absolute atomic E-state index is 13.2. The van der Waals surface area contributed by atoms with Crippen LogP contribution in [0.1, 0.15) is 35.8 Å². The van der Waals surface area contributed by atoms with Crippen molar-refractivity contribution in [2.24, 2.45) is 0 Å². The van der Waals surface area contributed by atoms with Crippen molar-refractivity contribution < 1.29 is 18.7 Å². The van der Waals surface area contributed by atoms with E-state index in [-0.39, 0.29) is 29.7 Å². The summed E-state index contributed by atoms with van der Waals surface area (Å²) in [6.45, 7) is 2.75. The Bertz CT molecular complexity index is 811. The molecule has 7 heteroatoms.